The fourth-order valence-electron chi connectivity index (χ4n) is 10.0. The molecule has 13 aromatic rings. The molecule has 304 valence electrons. The SMILES string of the molecule is c1ccc(-c2ccc3c(c2)c2cc(-c4cccc(N(c5ccc(-c6cccc7ccccc67)cc5)c5ccc6ccc7c8ccccc8oc7c6c5)c4)ccc2n3-c2ccccc2)cc1. The third-order valence-electron chi connectivity index (χ3n) is 13.2. The van der Waals surface area contributed by atoms with Gasteiger partial charge in [0.1, 0.15) is 11.2 Å². The lowest BCUT2D eigenvalue weighted by molar-refractivity contribution is 0.672. The maximum Gasteiger partial charge on any atom is 0.143 e. The summed E-state index contributed by atoms with van der Waals surface area (Å²) in [6.45, 7) is 0. The Morgan fingerprint density at radius 2 is 0.877 bits per heavy atom. The van der Waals surface area contributed by atoms with Crippen LogP contribution in [0.1, 0.15) is 0 Å². The molecular weight excluding hydrogens is 789 g/mol. The fraction of sp³-hybridized carbons (Fsp3) is 0. The van der Waals surface area contributed by atoms with Gasteiger partial charge in [-0.15, -0.1) is 0 Å². The summed E-state index contributed by atoms with van der Waals surface area (Å²) in [5.74, 6) is 0. The molecule has 2 heterocycles. The average Bonchev–Trinajstić information content (AvgIpc) is 3.93. The van der Waals surface area contributed by atoms with Gasteiger partial charge in [-0.1, -0.05) is 158 Å². The summed E-state index contributed by atoms with van der Waals surface area (Å²) >= 11 is 0. The van der Waals surface area contributed by atoms with Crippen molar-refractivity contribution in [2.24, 2.45) is 0 Å². The Balaban J connectivity index is 0.979. The third kappa shape index (κ3) is 6.20. The van der Waals surface area contributed by atoms with Gasteiger partial charge in [-0.05, 0) is 134 Å². The number of furan rings is 1. The van der Waals surface area contributed by atoms with Gasteiger partial charge in [-0.2, -0.15) is 0 Å². The van der Waals surface area contributed by atoms with Gasteiger partial charge in [0.15, 0.2) is 0 Å². The number of hydrogen-bond donors (Lipinski definition) is 0. The summed E-state index contributed by atoms with van der Waals surface area (Å²) in [6, 6.07) is 87.8. The average molecular weight is 829 g/mol. The second kappa shape index (κ2) is 15.0. The van der Waals surface area contributed by atoms with Crippen LogP contribution in [0.3, 0.4) is 0 Å². The van der Waals surface area contributed by atoms with E-state index in [1.807, 2.05) is 6.07 Å². The van der Waals surface area contributed by atoms with Gasteiger partial charge in [-0.3, -0.25) is 0 Å². The smallest absolute Gasteiger partial charge is 0.143 e. The fourth-order valence-corrected chi connectivity index (χ4v) is 10.0. The van der Waals surface area contributed by atoms with Gasteiger partial charge in [0, 0.05) is 49.7 Å². The lowest BCUT2D eigenvalue weighted by Crippen LogP contribution is -2.10. The Kier molecular flexibility index (Phi) is 8.53. The highest BCUT2D eigenvalue weighted by Crippen LogP contribution is 2.43. The predicted octanol–water partition coefficient (Wildman–Crippen LogP) is 17.5. The topological polar surface area (TPSA) is 21.3 Å². The minimum absolute atomic E-state index is 0.897. The van der Waals surface area contributed by atoms with E-state index in [1.165, 1.54) is 54.8 Å². The van der Waals surface area contributed by atoms with Crippen molar-refractivity contribution in [3.05, 3.63) is 243 Å². The second-order valence-corrected chi connectivity index (χ2v) is 16.9. The number of fused-ring (bicyclic) bond motifs is 9. The van der Waals surface area contributed by atoms with E-state index in [0.29, 0.717) is 0 Å². The molecule has 0 aliphatic rings. The Morgan fingerprint density at radius 3 is 1.68 bits per heavy atom. The van der Waals surface area contributed by atoms with E-state index in [2.05, 4.69) is 246 Å². The summed E-state index contributed by atoms with van der Waals surface area (Å²) in [7, 11) is 0. The Bertz CT molecular complexity index is 3930. The molecule has 3 nitrogen and oxygen atoms in total. The van der Waals surface area contributed by atoms with Gasteiger partial charge in [0.2, 0.25) is 0 Å². The number of nitrogens with zero attached hydrogens (tertiary/aromatic N) is 2. The van der Waals surface area contributed by atoms with Gasteiger partial charge < -0.3 is 13.9 Å². The first kappa shape index (κ1) is 36.9. The van der Waals surface area contributed by atoms with Crippen molar-refractivity contribution in [2.75, 3.05) is 4.90 Å². The lowest BCUT2D eigenvalue weighted by Gasteiger charge is -2.26. The van der Waals surface area contributed by atoms with Gasteiger partial charge in [-0.25, -0.2) is 0 Å². The Hall–Kier alpha value is -8.66. The molecule has 2 aromatic heterocycles. The predicted molar refractivity (Wildman–Crippen MR) is 274 cm³/mol. The number of aromatic nitrogens is 1. The molecule has 0 aliphatic carbocycles. The zero-order chi connectivity index (χ0) is 42.8. The molecule has 0 radical (unpaired) electrons. The van der Waals surface area contributed by atoms with Crippen molar-refractivity contribution in [3.8, 4) is 39.1 Å². The lowest BCUT2D eigenvalue weighted by atomic mass is 9.97. The molecule has 0 aliphatic heterocycles. The zero-order valence-corrected chi connectivity index (χ0v) is 35.4. The summed E-state index contributed by atoms with van der Waals surface area (Å²) in [6.07, 6.45) is 0. The third-order valence-corrected chi connectivity index (χ3v) is 13.2. The highest BCUT2D eigenvalue weighted by Gasteiger charge is 2.19. The highest BCUT2D eigenvalue weighted by molar-refractivity contribution is 6.16. The summed E-state index contributed by atoms with van der Waals surface area (Å²) in [5, 5.41) is 9.40. The molecule has 13 rings (SSSR count). The van der Waals surface area contributed by atoms with Crippen LogP contribution < -0.4 is 4.90 Å². The van der Waals surface area contributed by atoms with E-state index in [4.69, 9.17) is 4.42 Å². The molecule has 0 bridgehead atoms. The molecule has 0 N–H and O–H groups in total. The Morgan fingerprint density at radius 1 is 0.308 bits per heavy atom. The van der Waals surface area contributed by atoms with E-state index in [-0.39, 0.29) is 0 Å². The van der Waals surface area contributed by atoms with E-state index in [0.717, 1.165) is 66.6 Å². The quantitative estimate of drug-likeness (QED) is 0.160. The summed E-state index contributed by atoms with van der Waals surface area (Å²) in [5.41, 5.74) is 15.6. The van der Waals surface area contributed by atoms with E-state index >= 15 is 0 Å². The molecule has 0 saturated heterocycles. The highest BCUT2D eigenvalue weighted by atomic mass is 16.3. The monoisotopic (exact) mass is 828 g/mol. The van der Waals surface area contributed by atoms with Crippen molar-refractivity contribution in [2.45, 2.75) is 0 Å². The minimum atomic E-state index is 0.897. The second-order valence-electron chi connectivity index (χ2n) is 16.9. The summed E-state index contributed by atoms with van der Waals surface area (Å²) in [4.78, 5) is 2.38. The molecule has 11 aromatic carbocycles. The van der Waals surface area contributed by atoms with Crippen molar-refractivity contribution in [3.63, 3.8) is 0 Å². The number of anilines is 3. The van der Waals surface area contributed by atoms with Crippen LogP contribution >= 0.6 is 0 Å². The van der Waals surface area contributed by atoms with Crippen molar-refractivity contribution in [1.29, 1.82) is 0 Å². The maximum absolute atomic E-state index is 6.60. The minimum Gasteiger partial charge on any atom is -0.455 e. The standard InChI is InChI=1S/C62H40N2O/c1-3-13-41(14-4-1)46-29-35-59-57(38-46)58-39-47(30-36-60(58)64(59)48-18-5-2-6-19-48)45-17-11-20-50(37-45)63(49-31-25-43(26-32-49)53-23-12-16-42-15-7-8-21-52(42)53)51-33-27-44-28-34-55-54-22-9-10-24-61(54)65-62(55)56(44)40-51/h1-40H. The van der Waals surface area contributed by atoms with Crippen molar-refractivity contribution < 1.29 is 4.42 Å². The molecule has 0 spiro atoms. The molecule has 0 amide bonds. The van der Waals surface area contributed by atoms with E-state index < -0.39 is 0 Å². The molecule has 3 heteroatoms. The Labute approximate surface area is 376 Å². The number of rotatable bonds is 7. The van der Waals surface area contributed by atoms with Crippen molar-refractivity contribution >= 4 is 82.4 Å². The largest absolute Gasteiger partial charge is 0.455 e. The zero-order valence-electron chi connectivity index (χ0n) is 35.4. The normalized spacial score (nSPS) is 11.7. The van der Waals surface area contributed by atoms with Gasteiger partial charge >= 0.3 is 0 Å². The van der Waals surface area contributed by atoms with Crippen LogP contribution in [0, 0.1) is 0 Å². The first-order valence-corrected chi connectivity index (χ1v) is 22.2. The first-order chi connectivity index (χ1) is 32.2. The first-order valence-electron chi connectivity index (χ1n) is 22.2. The van der Waals surface area contributed by atoms with Crippen LogP contribution in [0.25, 0.3) is 104 Å². The number of hydrogen-bond acceptors (Lipinski definition) is 2. The number of para-hydroxylation sites is 2. The van der Waals surface area contributed by atoms with Crippen LogP contribution in [-0.4, -0.2) is 4.57 Å². The molecular formula is C62H40N2O. The van der Waals surface area contributed by atoms with E-state index in [9.17, 15) is 0 Å². The van der Waals surface area contributed by atoms with Crippen LogP contribution in [0.5, 0.6) is 0 Å². The number of benzene rings is 11. The van der Waals surface area contributed by atoms with Crippen LogP contribution in [0.4, 0.5) is 17.1 Å². The van der Waals surface area contributed by atoms with Crippen LogP contribution in [0.2, 0.25) is 0 Å². The molecule has 0 fully saturated rings. The summed E-state index contributed by atoms with van der Waals surface area (Å²) < 4.78 is 8.99. The van der Waals surface area contributed by atoms with E-state index in [1.54, 1.807) is 0 Å². The molecule has 65 heavy (non-hydrogen) atoms. The van der Waals surface area contributed by atoms with Crippen LogP contribution in [0.15, 0.2) is 247 Å². The van der Waals surface area contributed by atoms with Gasteiger partial charge in [0.05, 0.1) is 11.0 Å². The molecule has 0 unspecified atom stereocenters. The maximum atomic E-state index is 6.60. The van der Waals surface area contributed by atoms with Gasteiger partial charge in [0.25, 0.3) is 0 Å². The van der Waals surface area contributed by atoms with Crippen molar-refractivity contribution in [1.82, 2.24) is 4.57 Å². The van der Waals surface area contributed by atoms with Crippen LogP contribution in [-0.2, 0) is 0 Å². The molecule has 0 saturated carbocycles. The molecule has 0 atom stereocenters.